The fourth-order valence-electron chi connectivity index (χ4n) is 12.4. The number of carbonyl (C=O) groups is 2. The van der Waals surface area contributed by atoms with Gasteiger partial charge in [-0.05, 0) is 0 Å². The van der Waals surface area contributed by atoms with Gasteiger partial charge in [-0.25, -0.2) is 9.59 Å². The lowest BCUT2D eigenvalue weighted by Crippen LogP contribution is -2.71. The Bertz CT molecular complexity index is 2550. The minimum atomic E-state index is -3.56. The van der Waals surface area contributed by atoms with Crippen molar-refractivity contribution in [2.24, 2.45) is 17.2 Å². The van der Waals surface area contributed by atoms with Gasteiger partial charge in [-0.1, -0.05) is 0 Å². The summed E-state index contributed by atoms with van der Waals surface area (Å²) in [5.74, 6) is -11.8. The molecule has 0 aromatic carbocycles. The van der Waals surface area contributed by atoms with Crippen molar-refractivity contribution < 1.29 is 219 Å². The normalized spacial score (nSPS) is 46.6. The second-order valence-electron chi connectivity index (χ2n) is 25.3. The van der Waals surface area contributed by atoms with Gasteiger partial charge in [-0.15, -0.1) is 0 Å². The van der Waals surface area contributed by atoms with Crippen molar-refractivity contribution in [1.82, 2.24) is 0 Å². The molecular formula is C54H95N3O44. The Hall–Kier alpha value is -2.78. The molecule has 41 atom stereocenters. The molecule has 7 saturated heterocycles. The topological polar surface area (TPSA) is 808 Å². The minimum Gasteiger partial charge on any atom is -0.477 e. The number of nitrogens with two attached hydrogens (primary N) is 3. The van der Waals surface area contributed by atoms with Crippen molar-refractivity contribution in [2.75, 3.05) is 59.5 Å². The Balaban J connectivity index is 1.35. The third-order valence-corrected chi connectivity index (χ3v) is 18.4. The molecule has 0 aromatic heterocycles. The lowest BCUT2D eigenvalue weighted by atomic mass is 9.89. The van der Waals surface area contributed by atoms with Crippen LogP contribution >= 0.6 is 0 Å². The summed E-state index contributed by atoms with van der Waals surface area (Å²) in [4.78, 5) is 27.6. The number of hydrogen-bond donors (Lipinski definition) is 31. The summed E-state index contributed by atoms with van der Waals surface area (Å²) in [6, 6.07) is -5.11. The fourth-order valence-corrected chi connectivity index (χ4v) is 12.4. The van der Waals surface area contributed by atoms with Gasteiger partial charge in [0.25, 0.3) is 11.6 Å². The van der Waals surface area contributed by atoms with Gasteiger partial charge < -0.3 is 226 Å². The number of aliphatic carboxylic acids is 2. The number of ether oxygens (including phenoxy) is 14. The molecule has 0 bridgehead atoms. The van der Waals surface area contributed by atoms with Crippen LogP contribution in [0, 0.1) is 0 Å². The number of aliphatic hydroxyl groups is 26. The number of carboxylic acids is 2. The summed E-state index contributed by atoms with van der Waals surface area (Å²) >= 11 is 0. The summed E-state index contributed by atoms with van der Waals surface area (Å²) in [5.41, 5.74) is 17.7. The van der Waals surface area contributed by atoms with Gasteiger partial charge in [0.15, 0.2) is 31.5 Å². The molecule has 7 aliphatic rings. The van der Waals surface area contributed by atoms with Gasteiger partial charge in [-0.2, -0.15) is 0 Å². The summed E-state index contributed by atoms with van der Waals surface area (Å²) in [6.45, 7) is -11.0. The van der Waals surface area contributed by atoms with Crippen LogP contribution in [0.15, 0.2) is 0 Å². The van der Waals surface area contributed by atoms with Crippen molar-refractivity contribution in [3.8, 4) is 0 Å². The second-order valence-corrected chi connectivity index (χ2v) is 25.3. The number of rotatable bonds is 32. The van der Waals surface area contributed by atoms with Crippen molar-refractivity contribution in [3.05, 3.63) is 0 Å². The Kier molecular flexibility index (Phi) is 30.8. The lowest BCUT2D eigenvalue weighted by Gasteiger charge is -2.53. The maximum Gasteiger partial charge on any atom is 0.364 e. The number of carboxylic acid groups (broad SMARTS) is 2. The standard InChI is InChI=1S/C54H95N3O44/c55-12(3-58)25(71)26(72)18(70)10-88-46-23(56)31(77)30(76)22(92-46)11-89-53(51(84)85)2-19(99-54(52(86)87)1-13(65)27(73)39(100-54)15(67)5-60)42(41(101-53)17(69)7-62)95-49-37(83)43(45(40(94-49)16(68)6-61)98-48-36(82)33(79)29(75)21(9-64)91-48)96-50-44(35(81)34(80)38(93-50)14(66)4-59)97-47-24(57)32(78)28(74)20(8-63)90-47/h12-50,58-83H,1-11,55-57H2,(H,84,85)(H,86,87)/t12-,13+,14-,15+,16-,17+,18+,19+,20+,21+,22+,23+,24+,25+,26+,27+,28+,29+,30+,31+,32+,33-,34-,35-,36+,37-,38+,39+,40+,41+,42+,43+,44-,45+,46+,47+,48-,49+,50+,53+,54+/m0/s1. The first-order valence-corrected chi connectivity index (χ1v) is 31.6. The van der Waals surface area contributed by atoms with Crippen LogP contribution in [0.4, 0.5) is 0 Å². The van der Waals surface area contributed by atoms with Crippen LogP contribution in [0.2, 0.25) is 0 Å². The molecule has 7 heterocycles. The quantitative estimate of drug-likeness (QED) is 0.0297. The number of hydrogen-bond acceptors (Lipinski definition) is 45. The summed E-state index contributed by atoms with van der Waals surface area (Å²) in [7, 11) is 0. The second kappa shape index (κ2) is 36.4. The molecule has 0 saturated carbocycles. The van der Waals surface area contributed by atoms with Gasteiger partial charge in [0.2, 0.25) is 0 Å². The Morgan fingerprint density at radius 2 is 0.891 bits per heavy atom. The fraction of sp³-hybridized carbons (Fsp3) is 0.963. The van der Waals surface area contributed by atoms with E-state index in [1.807, 2.05) is 0 Å². The van der Waals surface area contributed by atoms with E-state index in [1.165, 1.54) is 0 Å². The van der Waals surface area contributed by atoms with E-state index < -0.39 is 335 Å². The van der Waals surface area contributed by atoms with Gasteiger partial charge in [0.05, 0.1) is 95.9 Å². The molecule has 0 spiro atoms. The molecule has 47 nitrogen and oxygen atoms in total. The summed E-state index contributed by atoms with van der Waals surface area (Å²) in [6.07, 6.45) is -86.2. The first-order chi connectivity index (χ1) is 47.5. The maximum absolute atomic E-state index is 13.9. The molecule has 7 rings (SSSR count). The van der Waals surface area contributed by atoms with E-state index in [4.69, 9.17) is 83.5 Å². The molecule has 47 heteroatoms. The highest BCUT2D eigenvalue weighted by molar-refractivity contribution is 5.77. The van der Waals surface area contributed by atoms with E-state index in [9.17, 15) is 153 Å². The first kappa shape index (κ1) is 85.5. The molecule has 34 N–H and O–H groups in total. The summed E-state index contributed by atoms with van der Waals surface area (Å²) in [5, 5.41) is 304. The van der Waals surface area contributed by atoms with Gasteiger partial charge in [-0.3, -0.25) is 0 Å². The van der Waals surface area contributed by atoms with Gasteiger partial charge >= 0.3 is 11.9 Å². The third-order valence-electron chi connectivity index (χ3n) is 18.4. The molecular weight excluding hydrogens is 1390 g/mol. The van der Waals surface area contributed by atoms with Crippen LogP contribution in [0.3, 0.4) is 0 Å². The SMILES string of the molecule is N[C@H]1[C@H](OC[C@@H](O)[C@@H](O)[C@H](O)[C@@H](N)CO)O[C@H](CO[C@]2(C(=O)O)C[C@@H](O[C@]3(C(=O)O)C[C@@H](O)[C@@H](O)[C@@H]([C@H](O)CO)O3)[C@@H](O[C@H]3O[C@H]([C@@H](O)CO)[C@@H](O[C@@H]4O[C@H](CO)[C@@H](O)[C@H](O)[C@H]4O)[C@H](O[C@H]4O[C@H]([C@@H](O)CO)[C@@H](O)[C@H](O)[C@@H]4O[C@H]4O[C@H](CO)[C@@H](O)[C@H](O)[C@H]4N)[C@@H]3O)[C@@H]([C@H](O)CO)O2)[C@@H](O)[C@@H]1O. The highest BCUT2D eigenvalue weighted by Crippen LogP contribution is 2.45. The van der Waals surface area contributed by atoms with Crippen LogP contribution < -0.4 is 17.2 Å². The Labute approximate surface area is 569 Å². The largest absolute Gasteiger partial charge is 0.477 e. The molecule has 0 unspecified atom stereocenters. The zero-order valence-corrected chi connectivity index (χ0v) is 53.1. The predicted octanol–water partition coefficient (Wildman–Crippen LogP) is -20.5. The van der Waals surface area contributed by atoms with Crippen LogP contribution in [-0.2, 0) is 75.9 Å². The third kappa shape index (κ3) is 18.3. The lowest BCUT2D eigenvalue weighted by molar-refractivity contribution is -0.419. The molecule has 590 valence electrons. The van der Waals surface area contributed by atoms with E-state index in [0.717, 1.165) is 0 Å². The van der Waals surface area contributed by atoms with E-state index in [0.29, 0.717) is 0 Å². The monoisotopic (exact) mass is 1490 g/mol. The van der Waals surface area contributed by atoms with Crippen LogP contribution in [-0.4, -0.2) is 465 Å². The summed E-state index contributed by atoms with van der Waals surface area (Å²) < 4.78 is 81.8. The smallest absolute Gasteiger partial charge is 0.364 e. The molecule has 0 radical (unpaired) electrons. The highest BCUT2D eigenvalue weighted by atomic mass is 16.8. The van der Waals surface area contributed by atoms with E-state index in [-0.39, 0.29) is 0 Å². The van der Waals surface area contributed by atoms with Gasteiger partial charge in [0, 0.05) is 12.8 Å². The van der Waals surface area contributed by atoms with E-state index >= 15 is 0 Å². The van der Waals surface area contributed by atoms with Crippen LogP contribution in [0.1, 0.15) is 12.8 Å². The van der Waals surface area contributed by atoms with Crippen molar-refractivity contribution in [1.29, 1.82) is 0 Å². The van der Waals surface area contributed by atoms with E-state index in [1.54, 1.807) is 0 Å². The molecule has 0 aliphatic carbocycles. The van der Waals surface area contributed by atoms with Crippen LogP contribution in [0.25, 0.3) is 0 Å². The van der Waals surface area contributed by atoms with E-state index in [2.05, 4.69) is 0 Å². The van der Waals surface area contributed by atoms with Gasteiger partial charge in [0.1, 0.15) is 171 Å². The number of aliphatic hydroxyl groups excluding tert-OH is 26. The molecule has 0 aromatic rings. The highest BCUT2D eigenvalue weighted by Gasteiger charge is 2.65. The molecule has 7 fully saturated rings. The maximum atomic E-state index is 13.9. The zero-order valence-electron chi connectivity index (χ0n) is 53.1. The zero-order chi connectivity index (χ0) is 75.3. The first-order valence-electron chi connectivity index (χ1n) is 31.6. The van der Waals surface area contributed by atoms with Crippen molar-refractivity contribution in [2.45, 2.75) is 263 Å². The van der Waals surface area contributed by atoms with Crippen molar-refractivity contribution in [3.63, 3.8) is 0 Å². The molecule has 7 aliphatic heterocycles. The molecule has 101 heavy (non-hydrogen) atoms. The molecule has 0 amide bonds. The van der Waals surface area contributed by atoms with Crippen molar-refractivity contribution >= 4 is 11.9 Å². The Morgan fingerprint density at radius 3 is 1.46 bits per heavy atom. The predicted molar refractivity (Wildman–Crippen MR) is 307 cm³/mol. The van der Waals surface area contributed by atoms with Crippen LogP contribution in [0.5, 0.6) is 0 Å². The average Bonchev–Trinajstić information content (AvgIpc) is 0.742. The average molecular weight is 1490 g/mol. The Morgan fingerprint density at radius 1 is 0.426 bits per heavy atom. The minimum absolute atomic E-state index is 0.866.